The van der Waals surface area contributed by atoms with Crippen molar-refractivity contribution in [1.82, 2.24) is 15.3 Å². The fourth-order valence-electron chi connectivity index (χ4n) is 2.50. The van der Waals surface area contributed by atoms with Crippen molar-refractivity contribution in [3.8, 4) is 0 Å². The van der Waals surface area contributed by atoms with Crippen LogP contribution in [0.5, 0.6) is 0 Å². The van der Waals surface area contributed by atoms with Gasteiger partial charge in [-0.2, -0.15) is 0 Å². The second kappa shape index (κ2) is 6.09. The highest BCUT2D eigenvalue weighted by molar-refractivity contribution is 7.90. The lowest BCUT2D eigenvalue weighted by Gasteiger charge is -2.07. The van der Waals surface area contributed by atoms with Crippen LogP contribution in [-0.2, 0) is 16.4 Å². The molecule has 0 radical (unpaired) electrons. The highest BCUT2D eigenvalue weighted by atomic mass is 32.2. The Hall–Kier alpha value is -2.67. The summed E-state index contributed by atoms with van der Waals surface area (Å²) in [6, 6.07) is 12.0. The normalized spacial score (nSPS) is 11.6. The number of fused-ring (bicyclic) bond motifs is 1. The molecule has 0 fully saturated rings. The molecule has 3 rings (SSSR count). The summed E-state index contributed by atoms with van der Waals surface area (Å²) in [5.41, 5.74) is 2.97. The van der Waals surface area contributed by atoms with Crippen LogP contribution in [0.2, 0.25) is 0 Å². The topological polar surface area (TPSA) is 91.9 Å². The van der Waals surface area contributed by atoms with Crippen LogP contribution in [0.1, 0.15) is 21.7 Å². The maximum absolute atomic E-state index is 12.3. The standard InChI is InChI=1S/C17H17N3O3S/c1-11-7-8-13-14(9-11)20-16(19-13)10-18-17(21)12-5-3-4-6-15(12)24(2,22)23/h3-9H,10H2,1-2H3,(H,18,21)(H,19,20). The lowest BCUT2D eigenvalue weighted by Crippen LogP contribution is -2.25. The Labute approximate surface area is 139 Å². The number of nitrogens with one attached hydrogen (secondary N) is 2. The Morgan fingerprint density at radius 2 is 1.96 bits per heavy atom. The van der Waals surface area contributed by atoms with Crippen LogP contribution in [0.3, 0.4) is 0 Å². The van der Waals surface area contributed by atoms with Gasteiger partial charge in [-0.3, -0.25) is 4.79 Å². The van der Waals surface area contributed by atoms with Crippen molar-refractivity contribution in [3.63, 3.8) is 0 Å². The Morgan fingerprint density at radius 1 is 1.21 bits per heavy atom. The van der Waals surface area contributed by atoms with E-state index in [4.69, 9.17) is 0 Å². The van der Waals surface area contributed by atoms with Gasteiger partial charge < -0.3 is 10.3 Å². The maximum atomic E-state index is 12.3. The molecule has 0 bridgehead atoms. The van der Waals surface area contributed by atoms with E-state index in [1.165, 1.54) is 12.1 Å². The molecule has 0 aliphatic rings. The monoisotopic (exact) mass is 343 g/mol. The van der Waals surface area contributed by atoms with E-state index in [0.717, 1.165) is 22.9 Å². The maximum Gasteiger partial charge on any atom is 0.252 e. The number of imidazole rings is 1. The molecule has 0 aliphatic carbocycles. The first-order valence-electron chi connectivity index (χ1n) is 7.37. The molecule has 0 atom stereocenters. The molecule has 0 aliphatic heterocycles. The quantitative estimate of drug-likeness (QED) is 0.760. The fraction of sp³-hybridized carbons (Fsp3) is 0.176. The molecule has 1 amide bonds. The summed E-state index contributed by atoms with van der Waals surface area (Å²) in [5.74, 6) is 0.161. The van der Waals surface area contributed by atoms with E-state index in [1.54, 1.807) is 12.1 Å². The number of carbonyl (C=O) groups excluding carboxylic acids is 1. The van der Waals surface area contributed by atoms with Gasteiger partial charge in [0.15, 0.2) is 9.84 Å². The number of aromatic nitrogens is 2. The number of rotatable bonds is 4. The zero-order chi connectivity index (χ0) is 17.3. The summed E-state index contributed by atoms with van der Waals surface area (Å²) in [6.07, 6.45) is 1.08. The second-order valence-electron chi connectivity index (χ2n) is 5.66. The van der Waals surface area contributed by atoms with Crippen LogP contribution in [0.25, 0.3) is 11.0 Å². The van der Waals surface area contributed by atoms with Gasteiger partial charge in [0.1, 0.15) is 5.82 Å². The summed E-state index contributed by atoms with van der Waals surface area (Å²) in [5, 5.41) is 2.71. The molecule has 1 heterocycles. The lowest BCUT2D eigenvalue weighted by molar-refractivity contribution is 0.0946. The third-order valence-electron chi connectivity index (χ3n) is 3.63. The fourth-order valence-corrected chi connectivity index (χ4v) is 3.38. The van der Waals surface area contributed by atoms with E-state index in [-0.39, 0.29) is 17.0 Å². The first-order chi connectivity index (χ1) is 11.3. The zero-order valence-electron chi connectivity index (χ0n) is 13.3. The van der Waals surface area contributed by atoms with Gasteiger partial charge >= 0.3 is 0 Å². The number of hydrogen-bond donors (Lipinski definition) is 2. The van der Waals surface area contributed by atoms with E-state index in [1.807, 2.05) is 25.1 Å². The van der Waals surface area contributed by atoms with Crippen LogP contribution in [0.15, 0.2) is 47.4 Å². The molecule has 0 saturated carbocycles. The SMILES string of the molecule is Cc1ccc2nc(CNC(=O)c3ccccc3S(C)(=O)=O)[nH]c2c1. The van der Waals surface area contributed by atoms with Crippen molar-refractivity contribution in [3.05, 3.63) is 59.4 Å². The molecular weight excluding hydrogens is 326 g/mol. The highest BCUT2D eigenvalue weighted by Crippen LogP contribution is 2.16. The van der Waals surface area contributed by atoms with Gasteiger partial charge in [-0.1, -0.05) is 18.2 Å². The van der Waals surface area contributed by atoms with E-state index in [0.29, 0.717) is 5.82 Å². The third-order valence-corrected chi connectivity index (χ3v) is 4.79. The number of nitrogens with zero attached hydrogens (tertiary/aromatic N) is 1. The van der Waals surface area contributed by atoms with Crippen LogP contribution in [-0.4, -0.2) is 30.5 Å². The molecule has 2 aromatic carbocycles. The molecule has 2 N–H and O–H groups in total. The second-order valence-corrected chi connectivity index (χ2v) is 7.64. The van der Waals surface area contributed by atoms with E-state index in [2.05, 4.69) is 15.3 Å². The Morgan fingerprint density at radius 3 is 2.71 bits per heavy atom. The van der Waals surface area contributed by atoms with Crippen molar-refractivity contribution in [2.75, 3.05) is 6.26 Å². The molecule has 0 unspecified atom stereocenters. The minimum Gasteiger partial charge on any atom is -0.345 e. The van der Waals surface area contributed by atoms with Gasteiger partial charge in [-0.05, 0) is 36.8 Å². The van der Waals surface area contributed by atoms with Gasteiger partial charge in [-0.25, -0.2) is 13.4 Å². The molecule has 6 nitrogen and oxygen atoms in total. The number of aromatic amines is 1. The van der Waals surface area contributed by atoms with Crippen LogP contribution < -0.4 is 5.32 Å². The number of H-pyrrole nitrogens is 1. The van der Waals surface area contributed by atoms with Gasteiger partial charge in [-0.15, -0.1) is 0 Å². The van der Waals surface area contributed by atoms with Crippen LogP contribution in [0.4, 0.5) is 0 Å². The molecule has 24 heavy (non-hydrogen) atoms. The number of benzene rings is 2. The van der Waals surface area contributed by atoms with Gasteiger partial charge in [0.05, 0.1) is 28.0 Å². The van der Waals surface area contributed by atoms with Crippen molar-refractivity contribution in [2.45, 2.75) is 18.4 Å². The van der Waals surface area contributed by atoms with Crippen molar-refractivity contribution in [2.24, 2.45) is 0 Å². The summed E-state index contributed by atoms with van der Waals surface area (Å²) in [4.78, 5) is 19.9. The van der Waals surface area contributed by atoms with Crippen LogP contribution in [0, 0.1) is 6.92 Å². The lowest BCUT2D eigenvalue weighted by atomic mass is 10.2. The summed E-state index contributed by atoms with van der Waals surface area (Å²) < 4.78 is 23.6. The van der Waals surface area contributed by atoms with Gasteiger partial charge in [0.2, 0.25) is 0 Å². The summed E-state index contributed by atoms with van der Waals surface area (Å²) >= 11 is 0. The molecule has 1 aromatic heterocycles. The predicted octanol–water partition coefficient (Wildman–Crippen LogP) is 2.20. The number of aryl methyl sites for hydroxylation is 1. The smallest absolute Gasteiger partial charge is 0.252 e. The average Bonchev–Trinajstić information content (AvgIpc) is 2.93. The van der Waals surface area contributed by atoms with E-state index >= 15 is 0 Å². The van der Waals surface area contributed by atoms with Gasteiger partial charge in [0.25, 0.3) is 5.91 Å². The average molecular weight is 343 g/mol. The molecule has 7 heteroatoms. The molecule has 124 valence electrons. The number of amides is 1. The largest absolute Gasteiger partial charge is 0.345 e. The van der Waals surface area contributed by atoms with Gasteiger partial charge in [0, 0.05) is 6.26 Å². The minimum absolute atomic E-state index is 0.0164. The molecule has 3 aromatic rings. The number of carbonyl (C=O) groups is 1. The van der Waals surface area contributed by atoms with Crippen LogP contribution >= 0.6 is 0 Å². The molecule has 0 spiro atoms. The Balaban J connectivity index is 1.80. The Kier molecular flexibility index (Phi) is 4.11. The number of sulfone groups is 1. The van der Waals surface area contributed by atoms with E-state index < -0.39 is 15.7 Å². The van der Waals surface area contributed by atoms with E-state index in [9.17, 15) is 13.2 Å². The summed E-state index contributed by atoms with van der Waals surface area (Å²) in [7, 11) is -3.47. The van der Waals surface area contributed by atoms with Crippen molar-refractivity contribution < 1.29 is 13.2 Å². The summed E-state index contributed by atoms with van der Waals surface area (Å²) in [6.45, 7) is 2.18. The zero-order valence-corrected chi connectivity index (χ0v) is 14.1. The Bertz CT molecular complexity index is 1020. The van der Waals surface area contributed by atoms with Crippen molar-refractivity contribution in [1.29, 1.82) is 0 Å². The predicted molar refractivity (Wildman–Crippen MR) is 91.6 cm³/mol. The highest BCUT2D eigenvalue weighted by Gasteiger charge is 2.18. The minimum atomic E-state index is -3.47. The number of hydrogen-bond acceptors (Lipinski definition) is 4. The first-order valence-corrected chi connectivity index (χ1v) is 9.26. The molecule has 0 saturated heterocycles. The first kappa shape index (κ1) is 16.2. The van der Waals surface area contributed by atoms with Crippen molar-refractivity contribution >= 4 is 26.8 Å². The third kappa shape index (κ3) is 3.30. The molecular formula is C17H17N3O3S.